The van der Waals surface area contributed by atoms with Crippen LogP contribution in [0.1, 0.15) is 30.2 Å². The van der Waals surface area contributed by atoms with Crippen LogP contribution in [0.3, 0.4) is 0 Å². The fraction of sp³-hybridized carbons (Fsp3) is 0.571. The molecule has 0 aliphatic heterocycles. The molecule has 1 heterocycles. The number of nitrogens with zero attached hydrogens (tertiary/aromatic N) is 1. The maximum atomic E-state index is 5.36. The molecular formula is C7H10N2O. The van der Waals surface area contributed by atoms with Crippen molar-refractivity contribution in [2.75, 3.05) is 0 Å². The number of hydrogen-bond acceptors (Lipinski definition) is 3. The molecule has 1 saturated carbocycles. The van der Waals surface area contributed by atoms with Gasteiger partial charge in [-0.1, -0.05) is 5.16 Å². The first-order valence-electron chi connectivity index (χ1n) is 3.55. The zero-order valence-electron chi connectivity index (χ0n) is 5.71. The van der Waals surface area contributed by atoms with Gasteiger partial charge < -0.3 is 10.3 Å². The van der Waals surface area contributed by atoms with Crippen LogP contribution in [-0.2, 0) is 6.54 Å². The van der Waals surface area contributed by atoms with Gasteiger partial charge in [0.15, 0.2) is 0 Å². The molecule has 0 radical (unpaired) electrons. The summed E-state index contributed by atoms with van der Waals surface area (Å²) in [6.45, 7) is 0.482. The summed E-state index contributed by atoms with van der Waals surface area (Å²) in [4.78, 5) is 0. The van der Waals surface area contributed by atoms with Gasteiger partial charge in [-0.05, 0) is 12.8 Å². The van der Waals surface area contributed by atoms with E-state index in [9.17, 15) is 0 Å². The van der Waals surface area contributed by atoms with Gasteiger partial charge >= 0.3 is 0 Å². The van der Waals surface area contributed by atoms with Crippen LogP contribution in [-0.4, -0.2) is 5.16 Å². The minimum Gasteiger partial charge on any atom is -0.361 e. The van der Waals surface area contributed by atoms with Gasteiger partial charge in [0.25, 0.3) is 0 Å². The van der Waals surface area contributed by atoms with E-state index >= 15 is 0 Å². The lowest BCUT2D eigenvalue weighted by Crippen LogP contribution is -1.94. The second kappa shape index (κ2) is 2.09. The lowest BCUT2D eigenvalue weighted by atomic mass is 10.3. The first-order chi connectivity index (χ1) is 4.90. The van der Waals surface area contributed by atoms with Crippen molar-refractivity contribution in [2.45, 2.75) is 25.3 Å². The van der Waals surface area contributed by atoms with Crippen molar-refractivity contribution >= 4 is 0 Å². The second-order valence-electron chi connectivity index (χ2n) is 2.70. The van der Waals surface area contributed by atoms with Crippen molar-refractivity contribution in [1.82, 2.24) is 5.16 Å². The number of nitrogens with two attached hydrogens (primary N) is 1. The summed E-state index contributed by atoms with van der Waals surface area (Å²) in [5.41, 5.74) is 6.22. The highest BCUT2D eigenvalue weighted by molar-refractivity contribution is 5.13. The number of rotatable bonds is 2. The lowest BCUT2D eigenvalue weighted by molar-refractivity contribution is 0.378. The quantitative estimate of drug-likeness (QED) is 0.663. The van der Waals surface area contributed by atoms with Crippen LogP contribution in [0.25, 0.3) is 0 Å². The molecule has 0 aromatic carbocycles. The Balaban J connectivity index is 2.19. The van der Waals surface area contributed by atoms with Crippen LogP contribution in [0.2, 0.25) is 0 Å². The van der Waals surface area contributed by atoms with Crippen molar-refractivity contribution in [1.29, 1.82) is 0 Å². The molecule has 10 heavy (non-hydrogen) atoms. The minimum absolute atomic E-state index is 0.482. The van der Waals surface area contributed by atoms with Crippen molar-refractivity contribution in [3.8, 4) is 0 Å². The molecule has 0 spiro atoms. The van der Waals surface area contributed by atoms with Gasteiger partial charge in [0.2, 0.25) is 0 Å². The monoisotopic (exact) mass is 138 g/mol. The molecule has 1 fully saturated rings. The van der Waals surface area contributed by atoms with Gasteiger partial charge in [0.05, 0.1) is 5.69 Å². The zero-order valence-corrected chi connectivity index (χ0v) is 5.71. The molecule has 0 amide bonds. The third kappa shape index (κ3) is 0.926. The van der Waals surface area contributed by atoms with Crippen LogP contribution in [0.4, 0.5) is 0 Å². The largest absolute Gasteiger partial charge is 0.361 e. The predicted molar refractivity (Wildman–Crippen MR) is 36.4 cm³/mol. The first kappa shape index (κ1) is 5.92. The molecule has 0 bridgehead atoms. The molecule has 0 atom stereocenters. The van der Waals surface area contributed by atoms with Crippen LogP contribution < -0.4 is 5.73 Å². The number of aromatic nitrogens is 1. The molecule has 1 aliphatic carbocycles. The van der Waals surface area contributed by atoms with Crippen molar-refractivity contribution in [3.05, 3.63) is 17.5 Å². The second-order valence-corrected chi connectivity index (χ2v) is 2.70. The minimum atomic E-state index is 0.482. The smallest absolute Gasteiger partial charge is 0.140 e. The SMILES string of the molecule is NCc1cc(C2CC2)on1. The average Bonchev–Trinajstić information content (AvgIpc) is 2.70. The topological polar surface area (TPSA) is 52.0 Å². The summed E-state index contributed by atoms with van der Waals surface area (Å²) in [7, 11) is 0. The lowest BCUT2D eigenvalue weighted by Gasteiger charge is -1.80. The third-order valence-corrected chi connectivity index (χ3v) is 1.77. The molecule has 3 heteroatoms. The highest BCUT2D eigenvalue weighted by Gasteiger charge is 2.27. The molecule has 1 aliphatic rings. The maximum absolute atomic E-state index is 5.36. The van der Waals surface area contributed by atoms with E-state index in [1.807, 2.05) is 6.07 Å². The summed E-state index contributed by atoms with van der Waals surface area (Å²) in [5.74, 6) is 1.66. The van der Waals surface area contributed by atoms with E-state index in [1.165, 1.54) is 12.8 Å². The molecule has 0 unspecified atom stereocenters. The molecular weight excluding hydrogens is 128 g/mol. The highest BCUT2D eigenvalue weighted by atomic mass is 16.5. The van der Waals surface area contributed by atoms with E-state index < -0.39 is 0 Å². The Morgan fingerprint density at radius 3 is 3.00 bits per heavy atom. The summed E-state index contributed by atoms with van der Waals surface area (Å²) in [5, 5.41) is 3.80. The fourth-order valence-electron chi connectivity index (χ4n) is 0.985. The van der Waals surface area contributed by atoms with Crippen LogP contribution in [0.15, 0.2) is 10.6 Å². The average molecular weight is 138 g/mol. The van der Waals surface area contributed by atoms with Crippen LogP contribution >= 0.6 is 0 Å². The van der Waals surface area contributed by atoms with Gasteiger partial charge in [0.1, 0.15) is 5.76 Å². The van der Waals surface area contributed by atoms with Gasteiger partial charge in [-0.25, -0.2) is 0 Å². The molecule has 0 saturated heterocycles. The van der Waals surface area contributed by atoms with Crippen molar-refractivity contribution in [3.63, 3.8) is 0 Å². The Hall–Kier alpha value is -0.830. The number of hydrogen-bond donors (Lipinski definition) is 1. The maximum Gasteiger partial charge on any atom is 0.140 e. The molecule has 1 aromatic heterocycles. The van der Waals surface area contributed by atoms with E-state index in [2.05, 4.69) is 5.16 Å². The predicted octanol–water partition coefficient (Wildman–Crippen LogP) is 1.01. The van der Waals surface area contributed by atoms with Gasteiger partial charge in [-0.2, -0.15) is 0 Å². The zero-order chi connectivity index (χ0) is 6.97. The van der Waals surface area contributed by atoms with Crippen molar-refractivity contribution in [2.24, 2.45) is 5.73 Å². The Bertz CT molecular complexity index is 227. The molecule has 2 rings (SSSR count). The van der Waals surface area contributed by atoms with Crippen LogP contribution in [0.5, 0.6) is 0 Å². The molecule has 3 nitrogen and oxygen atoms in total. The standard InChI is InChI=1S/C7H10N2O/c8-4-6-3-7(10-9-6)5-1-2-5/h3,5H,1-2,4,8H2. The Labute approximate surface area is 59.2 Å². The van der Waals surface area contributed by atoms with Gasteiger partial charge in [0, 0.05) is 18.5 Å². The molecule has 1 aromatic rings. The molecule has 54 valence electrons. The fourth-order valence-corrected chi connectivity index (χ4v) is 0.985. The Kier molecular flexibility index (Phi) is 1.24. The Morgan fingerprint density at radius 2 is 2.50 bits per heavy atom. The van der Waals surface area contributed by atoms with E-state index in [0.29, 0.717) is 12.5 Å². The summed E-state index contributed by atoms with van der Waals surface area (Å²) in [6.07, 6.45) is 2.50. The third-order valence-electron chi connectivity index (χ3n) is 1.77. The summed E-state index contributed by atoms with van der Waals surface area (Å²) in [6, 6.07) is 1.96. The van der Waals surface area contributed by atoms with E-state index in [0.717, 1.165) is 11.5 Å². The summed E-state index contributed by atoms with van der Waals surface area (Å²) < 4.78 is 5.05. The van der Waals surface area contributed by atoms with E-state index in [1.54, 1.807) is 0 Å². The van der Waals surface area contributed by atoms with Gasteiger partial charge in [-0.3, -0.25) is 0 Å². The highest BCUT2D eigenvalue weighted by Crippen LogP contribution is 2.40. The van der Waals surface area contributed by atoms with E-state index in [4.69, 9.17) is 10.3 Å². The normalized spacial score (nSPS) is 17.7. The Morgan fingerprint density at radius 1 is 1.70 bits per heavy atom. The summed E-state index contributed by atoms with van der Waals surface area (Å²) >= 11 is 0. The van der Waals surface area contributed by atoms with E-state index in [-0.39, 0.29) is 0 Å². The van der Waals surface area contributed by atoms with Crippen molar-refractivity contribution < 1.29 is 4.52 Å². The van der Waals surface area contributed by atoms with Crippen LogP contribution in [0, 0.1) is 0 Å². The first-order valence-corrected chi connectivity index (χ1v) is 3.55. The van der Waals surface area contributed by atoms with Gasteiger partial charge in [-0.15, -0.1) is 0 Å². The molecule has 2 N–H and O–H groups in total.